The van der Waals surface area contributed by atoms with Crippen LogP contribution in [0.4, 0.5) is 13.2 Å². The summed E-state index contributed by atoms with van der Waals surface area (Å²) in [6.45, 7) is 6.39. The highest BCUT2D eigenvalue weighted by Gasteiger charge is 2.60. The van der Waals surface area contributed by atoms with Crippen LogP contribution in [-0.2, 0) is 67.0 Å². The van der Waals surface area contributed by atoms with E-state index in [1.807, 2.05) is 26.8 Å². The number of nitrogens with zero attached hydrogens (tertiary/aromatic N) is 9. The molecule has 11 rings (SSSR count). The number of methoxy groups -OCH3 is 1. The first-order valence-corrected chi connectivity index (χ1v) is 40.7. The number of fused-ring (bicyclic) bond motifs is 22. The summed E-state index contributed by atoms with van der Waals surface area (Å²) in [5.74, 6) is -10.4. The molecule has 3 unspecified atom stereocenters. The maximum absolute atomic E-state index is 16.0. The summed E-state index contributed by atoms with van der Waals surface area (Å²) in [5.41, 5.74) is -2.16. The van der Waals surface area contributed by atoms with E-state index in [0.29, 0.717) is 51.4 Å². The minimum atomic E-state index is -4.52. The first kappa shape index (κ1) is 86.1. The number of alkyl halides is 3. The highest BCUT2D eigenvalue weighted by Crippen LogP contribution is 2.50. The van der Waals surface area contributed by atoms with E-state index in [9.17, 15) is 27.6 Å². The van der Waals surface area contributed by atoms with E-state index in [1.54, 1.807) is 13.0 Å². The number of likely N-dealkylation sites (N-methyl/N-ethyl adjacent to an activating group) is 7. The van der Waals surface area contributed by atoms with E-state index in [0.717, 1.165) is 57.8 Å². The average Bonchev–Trinajstić information content (AvgIpc) is 1.35. The van der Waals surface area contributed by atoms with Crippen LogP contribution in [0.5, 0.6) is 0 Å². The van der Waals surface area contributed by atoms with Gasteiger partial charge >= 0.3 is 6.18 Å². The highest BCUT2D eigenvalue weighted by molar-refractivity contribution is 6.01. The summed E-state index contributed by atoms with van der Waals surface area (Å²) < 4.78 is 55.4. The summed E-state index contributed by atoms with van der Waals surface area (Å²) in [5, 5.41) is 9.08. The van der Waals surface area contributed by atoms with Crippen LogP contribution in [0.2, 0.25) is 0 Å². The molecular weight excluding hydrogens is 1410 g/mol. The molecule has 1 spiro atoms. The van der Waals surface area contributed by atoms with Crippen LogP contribution >= 0.6 is 0 Å². The summed E-state index contributed by atoms with van der Waals surface area (Å²) in [4.78, 5) is 196. The van der Waals surface area contributed by atoms with Gasteiger partial charge in [-0.1, -0.05) is 117 Å². The number of amides is 12. The summed E-state index contributed by atoms with van der Waals surface area (Å²) in [6.07, 6.45) is 8.63. The van der Waals surface area contributed by atoms with Gasteiger partial charge in [0.15, 0.2) is 0 Å². The Kier molecular flexibility index (Phi) is 29.3. The van der Waals surface area contributed by atoms with Crippen molar-refractivity contribution in [2.75, 3.05) is 89.7 Å². The molecule has 26 nitrogen and oxygen atoms in total. The zero-order valence-corrected chi connectivity index (χ0v) is 67.2. The number of hydrogen-bond donors (Lipinski definition) is 3. The van der Waals surface area contributed by atoms with Crippen molar-refractivity contribution in [3.63, 3.8) is 0 Å². The maximum Gasteiger partial charge on any atom is 0.394 e. The SMILES string of the molecule is CC[C@H](C)[C@@H]1NC(=O)[C@@H]2CCCCC3CCC(CC3)C[C@@H](C(=O)N(C)CC(=O)N[C@@H](CCC3CCC(C(F)(F)F)C(OC)C3)C(=O)N3C[C@H](OC4CCCC4)C[C@H]3C(=O)NC3(CC(C)(C)C3)C(=O)N(C)[C@@H](C3CCCC3)C(=O)N(C)[C@H](C(=O)N(C)C)CC(=O)N2C)N2CC/C=C\C[C@@H](C2=O)N(C)C(=O)CN(C)C1=O. The second kappa shape index (κ2) is 37.2. The molecular formula is C80H127F3N12O14. The Bertz CT molecular complexity index is 3290. The number of rotatable bonds is 10. The van der Waals surface area contributed by atoms with Gasteiger partial charge in [-0.2, -0.15) is 13.2 Å². The third kappa shape index (κ3) is 20.7. The monoisotopic (exact) mass is 1540 g/mol. The van der Waals surface area contributed by atoms with E-state index in [2.05, 4.69) is 16.0 Å². The first-order chi connectivity index (χ1) is 51.5. The lowest BCUT2D eigenvalue weighted by Crippen LogP contribution is -2.71. The van der Waals surface area contributed by atoms with Gasteiger partial charge in [-0.3, -0.25) is 57.5 Å². The fourth-order valence-corrected chi connectivity index (χ4v) is 19.6. The molecule has 13 atom stereocenters. The normalized spacial score (nSPS) is 33.0. The summed E-state index contributed by atoms with van der Waals surface area (Å²) in [7, 11) is 13.0. The molecule has 0 aromatic rings. The minimum Gasteiger partial charge on any atom is -0.381 e. The van der Waals surface area contributed by atoms with Gasteiger partial charge in [0.1, 0.15) is 53.9 Å². The molecule has 6 aliphatic heterocycles. The Balaban J connectivity index is 1.15. The number of hydrogen-bond acceptors (Lipinski definition) is 14. The second-order valence-electron chi connectivity index (χ2n) is 34.9. The van der Waals surface area contributed by atoms with Gasteiger partial charge in [0.2, 0.25) is 70.9 Å². The Morgan fingerprint density at radius 1 is 0.615 bits per heavy atom. The Hall–Kier alpha value is -6.91. The smallest absolute Gasteiger partial charge is 0.381 e. The Morgan fingerprint density at radius 2 is 1.24 bits per heavy atom. The minimum absolute atomic E-state index is 0.00474. The molecule has 10 fully saturated rings. The van der Waals surface area contributed by atoms with E-state index in [1.165, 1.54) is 108 Å². The molecule has 6 bridgehead atoms. The van der Waals surface area contributed by atoms with E-state index >= 15 is 43.2 Å². The van der Waals surface area contributed by atoms with Crippen LogP contribution < -0.4 is 16.0 Å². The topological polar surface area (TPSA) is 289 Å². The zero-order valence-electron chi connectivity index (χ0n) is 67.2. The predicted molar refractivity (Wildman–Crippen MR) is 401 cm³/mol. The molecule has 12 amide bonds. The largest absolute Gasteiger partial charge is 0.394 e. The van der Waals surface area contributed by atoms with Gasteiger partial charge in [-0.15, -0.1) is 0 Å². The average molecular weight is 1540 g/mol. The quantitative estimate of drug-likeness (QED) is 0.153. The molecule has 0 aromatic carbocycles. The molecule has 5 saturated heterocycles. The molecule has 5 aliphatic carbocycles. The van der Waals surface area contributed by atoms with Gasteiger partial charge in [-0.25, -0.2) is 0 Å². The fourth-order valence-electron chi connectivity index (χ4n) is 19.6. The number of nitrogens with one attached hydrogen (secondary N) is 3. The van der Waals surface area contributed by atoms with Crippen molar-refractivity contribution >= 4 is 70.9 Å². The molecule has 6 heterocycles. The van der Waals surface area contributed by atoms with Crippen molar-refractivity contribution in [2.45, 2.75) is 292 Å². The van der Waals surface area contributed by atoms with Crippen molar-refractivity contribution in [1.82, 2.24) is 60.0 Å². The van der Waals surface area contributed by atoms with Gasteiger partial charge in [0, 0.05) is 83.0 Å². The van der Waals surface area contributed by atoms with Crippen molar-refractivity contribution in [3.05, 3.63) is 12.2 Å². The van der Waals surface area contributed by atoms with Crippen LogP contribution in [0, 0.1) is 40.9 Å². The van der Waals surface area contributed by atoms with Gasteiger partial charge in [-0.05, 0) is 131 Å². The fraction of sp³-hybridized carbons (Fsp3) is 0.825. The van der Waals surface area contributed by atoms with Gasteiger partial charge < -0.3 is 69.5 Å². The Labute approximate surface area is 643 Å². The lowest BCUT2D eigenvalue weighted by atomic mass is 9.58. The molecule has 29 heteroatoms. The van der Waals surface area contributed by atoms with Crippen LogP contribution in [0.15, 0.2) is 12.2 Å². The maximum atomic E-state index is 16.0. The van der Waals surface area contributed by atoms with Crippen LogP contribution in [0.3, 0.4) is 0 Å². The molecule has 0 aromatic heterocycles. The molecule has 612 valence electrons. The van der Waals surface area contributed by atoms with E-state index in [-0.39, 0.29) is 108 Å². The molecule has 109 heavy (non-hydrogen) atoms. The highest BCUT2D eigenvalue weighted by atomic mass is 19.4. The molecule has 3 N–H and O–H groups in total. The predicted octanol–water partition coefficient (Wildman–Crippen LogP) is 6.60. The number of carbonyl (C=O) groups is 12. The number of carbonyl (C=O) groups excluding carboxylic acids is 12. The van der Waals surface area contributed by atoms with Crippen molar-refractivity contribution in [3.8, 4) is 0 Å². The Morgan fingerprint density at radius 3 is 1.87 bits per heavy atom. The molecule has 0 radical (unpaired) electrons. The molecule has 5 saturated carbocycles. The first-order valence-electron chi connectivity index (χ1n) is 40.7. The lowest BCUT2D eigenvalue weighted by molar-refractivity contribution is -0.215. The lowest BCUT2D eigenvalue weighted by Gasteiger charge is -2.54. The molecule has 11 aliphatic rings. The number of halogens is 3. The van der Waals surface area contributed by atoms with Crippen LogP contribution in [0.1, 0.15) is 214 Å². The number of ether oxygens (including phenoxy) is 2. The van der Waals surface area contributed by atoms with Crippen molar-refractivity contribution in [2.24, 2.45) is 40.9 Å². The van der Waals surface area contributed by atoms with Crippen molar-refractivity contribution in [1.29, 1.82) is 0 Å². The van der Waals surface area contributed by atoms with Gasteiger partial charge in [0.05, 0.1) is 43.7 Å². The third-order valence-electron chi connectivity index (χ3n) is 26.2. The van der Waals surface area contributed by atoms with Crippen LogP contribution in [0.25, 0.3) is 0 Å². The standard InChI is InChI=1S/C80H127F3N12O14/c1-14-49(2)67-75(105)89(8)46-66(98)91(10)59-30-16-15-23-39-94(74(59)104)62-40-51-33-31-50(32-34-51)24-17-22-29-58(69(99)85-67)90(9)65(97)43-61(72(102)87(5)6)92(11)76(106)68(53-25-18-19-26-53)93(12)77(107)79(47-78(3,4)48-79)86-70(100)60-42-55(109-54-27-20-21-28-54)44-95(60)71(101)57(84-64(96)45-88(7)73(62)103)38-36-52-35-37-56(80(81,82)83)63(41-52)108-13/h15-16,49-63,67-68H,14,17-48H2,1-13H3,(H,84,96)(H,85,99)(H,86,100)/b16-15-/t49-,50?,51?,52?,55+,56?,57-,58-,59-,60-,61-,62-,63?,67-,68-/m0/s1. The van der Waals surface area contributed by atoms with Crippen LogP contribution in [-0.4, -0.2) is 283 Å². The van der Waals surface area contributed by atoms with Gasteiger partial charge in [0.25, 0.3) is 0 Å². The summed E-state index contributed by atoms with van der Waals surface area (Å²) in [6, 6.07) is -10.0. The third-order valence-corrected chi connectivity index (χ3v) is 26.2. The second-order valence-corrected chi connectivity index (χ2v) is 34.9. The van der Waals surface area contributed by atoms with E-state index < -0.39 is 186 Å². The summed E-state index contributed by atoms with van der Waals surface area (Å²) >= 11 is 0. The van der Waals surface area contributed by atoms with E-state index in [4.69, 9.17) is 9.47 Å². The van der Waals surface area contributed by atoms with Crippen molar-refractivity contribution < 1.29 is 80.2 Å². The zero-order chi connectivity index (χ0) is 79.7.